The van der Waals surface area contributed by atoms with Gasteiger partial charge in [-0.2, -0.15) is 0 Å². The molecule has 1 atom stereocenters. The second-order valence-corrected chi connectivity index (χ2v) is 7.04. The Balaban J connectivity index is 1.86. The van der Waals surface area contributed by atoms with Crippen molar-refractivity contribution in [3.8, 4) is 0 Å². The standard InChI is InChI=1S/C17H23Cl2N3O2/c1-21(2)10-11-22-12(6-7-15(22)23)8-9-20-17(24)16-13(18)4-3-5-14(16)19/h3-5,12H,6-11H2,1-2H3,(H,20,24)/t12-/m0/s1. The van der Waals surface area contributed by atoms with Gasteiger partial charge in [0.15, 0.2) is 0 Å². The fraction of sp³-hybridized carbons (Fsp3) is 0.529. The highest BCUT2D eigenvalue weighted by Gasteiger charge is 2.30. The monoisotopic (exact) mass is 371 g/mol. The van der Waals surface area contributed by atoms with Crippen LogP contribution >= 0.6 is 23.2 Å². The quantitative estimate of drug-likeness (QED) is 0.801. The average Bonchev–Trinajstić information content (AvgIpc) is 2.85. The van der Waals surface area contributed by atoms with Crippen LogP contribution < -0.4 is 5.32 Å². The molecular weight excluding hydrogens is 349 g/mol. The van der Waals surface area contributed by atoms with E-state index in [2.05, 4.69) is 10.2 Å². The van der Waals surface area contributed by atoms with Crippen molar-refractivity contribution in [1.82, 2.24) is 15.1 Å². The Labute approximate surface area is 152 Å². The summed E-state index contributed by atoms with van der Waals surface area (Å²) in [5.74, 6) is -0.0860. The van der Waals surface area contributed by atoms with E-state index in [0.29, 0.717) is 28.6 Å². The predicted octanol–water partition coefficient (Wildman–Crippen LogP) is 2.67. The number of hydrogen-bond acceptors (Lipinski definition) is 3. The summed E-state index contributed by atoms with van der Waals surface area (Å²) < 4.78 is 0. The number of halogens is 2. The van der Waals surface area contributed by atoms with Crippen LogP contribution in [0, 0.1) is 0 Å². The van der Waals surface area contributed by atoms with E-state index in [9.17, 15) is 9.59 Å². The molecule has 1 aromatic rings. The van der Waals surface area contributed by atoms with Gasteiger partial charge in [0, 0.05) is 32.1 Å². The number of hydrogen-bond donors (Lipinski definition) is 1. The Kier molecular flexibility index (Phi) is 6.90. The third-order valence-corrected chi connectivity index (χ3v) is 4.82. The van der Waals surface area contributed by atoms with E-state index in [4.69, 9.17) is 23.2 Å². The van der Waals surface area contributed by atoms with Gasteiger partial charge in [-0.3, -0.25) is 9.59 Å². The van der Waals surface area contributed by atoms with Gasteiger partial charge in [0.25, 0.3) is 5.91 Å². The van der Waals surface area contributed by atoms with Crippen LogP contribution in [0.15, 0.2) is 18.2 Å². The molecule has 132 valence electrons. The minimum Gasteiger partial charge on any atom is -0.352 e. The fourth-order valence-electron chi connectivity index (χ4n) is 2.86. The first-order valence-electron chi connectivity index (χ1n) is 8.06. The molecule has 1 saturated heterocycles. The summed E-state index contributed by atoms with van der Waals surface area (Å²) in [4.78, 5) is 28.2. The number of nitrogens with zero attached hydrogens (tertiary/aromatic N) is 2. The summed E-state index contributed by atoms with van der Waals surface area (Å²) in [5, 5.41) is 3.52. The van der Waals surface area contributed by atoms with Crippen molar-refractivity contribution in [3.05, 3.63) is 33.8 Å². The van der Waals surface area contributed by atoms with Crippen molar-refractivity contribution in [2.45, 2.75) is 25.3 Å². The van der Waals surface area contributed by atoms with Crippen molar-refractivity contribution in [3.63, 3.8) is 0 Å². The van der Waals surface area contributed by atoms with Crippen LogP contribution in [0.2, 0.25) is 10.0 Å². The van der Waals surface area contributed by atoms with E-state index in [1.165, 1.54) is 0 Å². The van der Waals surface area contributed by atoms with Gasteiger partial charge in [-0.05, 0) is 39.1 Å². The van der Waals surface area contributed by atoms with Crippen LogP contribution in [-0.2, 0) is 4.79 Å². The summed E-state index contributed by atoms with van der Waals surface area (Å²) in [7, 11) is 3.98. The number of likely N-dealkylation sites (N-methyl/N-ethyl adjacent to an activating group) is 1. The maximum absolute atomic E-state index is 12.3. The smallest absolute Gasteiger partial charge is 0.254 e. The first-order chi connectivity index (χ1) is 11.4. The summed E-state index contributed by atoms with van der Waals surface area (Å²) in [6.07, 6.45) is 2.16. The highest BCUT2D eigenvalue weighted by atomic mass is 35.5. The molecule has 0 aliphatic carbocycles. The molecule has 0 aromatic heterocycles. The van der Waals surface area contributed by atoms with Crippen LogP contribution in [0.5, 0.6) is 0 Å². The fourth-order valence-corrected chi connectivity index (χ4v) is 3.43. The lowest BCUT2D eigenvalue weighted by molar-refractivity contribution is -0.129. The van der Waals surface area contributed by atoms with E-state index < -0.39 is 0 Å². The molecule has 1 fully saturated rings. The van der Waals surface area contributed by atoms with Gasteiger partial charge in [-0.15, -0.1) is 0 Å². The van der Waals surface area contributed by atoms with Gasteiger partial charge in [-0.25, -0.2) is 0 Å². The SMILES string of the molecule is CN(C)CCN1C(=O)CC[C@H]1CCNC(=O)c1c(Cl)cccc1Cl. The highest BCUT2D eigenvalue weighted by Crippen LogP contribution is 2.24. The van der Waals surface area contributed by atoms with Gasteiger partial charge >= 0.3 is 0 Å². The van der Waals surface area contributed by atoms with Crippen molar-refractivity contribution in [2.75, 3.05) is 33.7 Å². The lowest BCUT2D eigenvalue weighted by Gasteiger charge is -2.26. The van der Waals surface area contributed by atoms with E-state index in [-0.39, 0.29) is 17.9 Å². The number of benzene rings is 1. The first kappa shape index (κ1) is 19.0. The molecule has 0 spiro atoms. The second-order valence-electron chi connectivity index (χ2n) is 6.22. The number of nitrogens with one attached hydrogen (secondary N) is 1. The van der Waals surface area contributed by atoms with Crippen molar-refractivity contribution < 1.29 is 9.59 Å². The Morgan fingerprint density at radius 2 is 2.00 bits per heavy atom. The molecule has 24 heavy (non-hydrogen) atoms. The zero-order valence-corrected chi connectivity index (χ0v) is 15.5. The minimum absolute atomic E-state index is 0.180. The molecule has 1 aromatic carbocycles. The van der Waals surface area contributed by atoms with E-state index in [1.807, 2.05) is 19.0 Å². The highest BCUT2D eigenvalue weighted by molar-refractivity contribution is 6.39. The molecule has 0 radical (unpaired) electrons. The van der Waals surface area contributed by atoms with E-state index >= 15 is 0 Å². The van der Waals surface area contributed by atoms with Crippen LogP contribution in [0.25, 0.3) is 0 Å². The van der Waals surface area contributed by atoms with Crippen molar-refractivity contribution in [1.29, 1.82) is 0 Å². The molecule has 0 saturated carbocycles. The normalized spacial score (nSPS) is 17.6. The number of rotatable bonds is 7. The zero-order valence-electron chi connectivity index (χ0n) is 14.0. The predicted molar refractivity (Wildman–Crippen MR) is 96.7 cm³/mol. The maximum Gasteiger partial charge on any atom is 0.254 e. The van der Waals surface area contributed by atoms with Gasteiger partial charge in [0.05, 0.1) is 15.6 Å². The number of amides is 2. The lowest BCUT2D eigenvalue weighted by atomic mass is 10.1. The molecule has 2 amide bonds. The molecule has 1 heterocycles. The van der Waals surface area contributed by atoms with E-state index in [0.717, 1.165) is 25.9 Å². The number of carbonyl (C=O) groups excluding carboxylic acids is 2. The molecule has 7 heteroatoms. The van der Waals surface area contributed by atoms with Gasteiger partial charge < -0.3 is 15.1 Å². The third kappa shape index (κ3) is 4.85. The van der Waals surface area contributed by atoms with Gasteiger partial charge in [0.2, 0.25) is 5.91 Å². The van der Waals surface area contributed by atoms with Crippen LogP contribution in [0.3, 0.4) is 0 Å². The molecule has 1 aliphatic heterocycles. The summed E-state index contributed by atoms with van der Waals surface area (Å²) >= 11 is 12.1. The molecular formula is C17H23Cl2N3O2. The molecule has 1 N–H and O–H groups in total. The molecule has 2 rings (SSSR count). The van der Waals surface area contributed by atoms with Gasteiger partial charge in [0.1, 0.15) is 0 Å². The van der Waals surface area contributed by atoms with Crippen molar-refractivity contribution >= 4 is 35.0 Å². The summed E-state index contributed by atoms with van der Waals surface area (Å²) in [6, 6.07) is 5.16. The Morgan fingerprint density at radius 1 is 1.33 bits per heavy atom. The molecule has 5 nitrogen and oxygen atoms in total. The van der Waals surface area contributed by atoms with E-state index in [1.54, 1.807) is 18.2 Å². The average molecular weight is 372 g/mol. The molecule has 0 bridgehead atoms. The number of carbonyl (C=O) groups is 2. The van der Waals surface area contributed by atoms with Crippen molar-refractivity contribution in [2.24, 2.45) is 0 Å². The van der Waals surface area contributed by atoms with Crippen LogP contribution in [0.1, 0.15) is 29.6 Å². The summed E-state index contributed by atoms with van der Waals surface area (Å²) in [6.45, 7) is 2.04. The maximum atomic E-state index is 12.3. The van der Waals surface area contributed by atoms with Crippen LogP contribution in [-0.4, -0.2) is 61.4 Å². The third-order valence-electron chi connectivity index (χ3n) is 4.19. The molecule has 1 aliphatic rings. The largest absolute Gasteiger partial charge is 0.352 e. The lowest BCUT2D eigenvalue weighted by Crippen LogP contribution is -2.40. The first-order valence-corrected chi connectivity index (χ1v) is 8.82. The van der Waals surface area contributed by atoms with Gasteiger partial charge in [-0.1, -0.05) is 29.3 Å². The topological polar surface area (TPSA) is 52.6 Å². The minimum atomic E-state index is -0.283. The summed E-state index contributed by atoms with van der Waals surface area (Å²) in [5.41, 5.74) is 0.299. The number of likely N-dealkylation sites (tertiary alicyclic amines) is 1. The zero-order chi connectivity index (χ0) is 17.7. The molecule has 0 unspecified atom stereocenters. The Morgan fingerprint density at radius 3 is 2.62 bits per heavy atom. The Hall–Kier alpha value is -1.30. The Bertz CT molecular complexity index is 587. The second kappa shape index (κ2) is 8.70. The van der Waals surface area contributed by atoms with Crippen LogP contribution in [0.4, 0.5) is 0 Å².